The molecule has 2 rings (SSSR count). The van der Waals surface area contributed by atoms with E-state index in [2.05, 4.69) is 19.9 Å². The van der Waals surface area contributed by atoms with Crippen LogP contribution in [0, 0.1) is 6.57 Å². The van der Waals surface area contributed by atoms with Gasteiger partial charge in [-0.15, -0.1) is 0 Å². The normalized spacial score (nSPS) is 9.47. The van der Waals surface area contributed by atoms with Crippen molar-refractivity contribution in [1.29, 1.82) is 0 Å². The van der Waals surface area contributed by atoms with Gasteiger partial charge >= 0.3 is 6.09 Å². The van der Waals surface area contributed by atoms with Crippen LogP contribution < -0.4 is 5.32 Å². The van der Waals surface area contributed by atoms with Crippen molar-refractivity contribution in [3.63, 3.8) is 0 Å². The summed E-state index contributed by atoms with van der Waals surface area (Å²) in [6.07, 6.45) is 2.70. The number of benzene rings is 1. The van der Waals surface area contributed by atoms with Crippen LogP contribution in [0.4, 0.5) is 16.2 Å². The van der Waals surface area contributed by atoms with Crippen LogP contribution in [0.1, 0.15) is 0 Å². The highest BCUT2D eigenvalue weighted by Gasteiger charge is 2.02. The standard InChI is InChI=1S/C14H11N3O2/c1-15-13-7-11(8-16-9-13)10-3-5-12(6-4-10)17-14(18)19-2/h3-9H,2H3,(H,17,18). The summed E-state index contributed by atoms with van der Waals surface area (Å²) in [6.45, 7) is 6.96. The number of nitrogens with one attached hydrogen (secondary N) is 1. The number of anilines is 1. The molecule has 0 aliphatic rings. The first-order valence-electron chi connectivity index (χ1n) is 5.51. The zero-order valence-electron chi connectivity index (χ0n) is 10.3. The summed E-state index contributed by atoms with van der Waals surface area (Å²) in [4.78, 5) is 18.4. The number of amides is 1. The maximum Gasteiger partial charge on any atom is 0.411 e. The van der Waals surface area contributed by atoms with Gasteiger partial charge in [0.1, 0.15) is 0 Å². The highest BCUT2D eigenvalue weighted by Crippen LogP contribution is 2.24. The summed E-state index contributed by atoms with van der Waals surface area (Å²) in [5.74, 6) is 0. The SMILES string of the molecule is [C-]#[N+]c1cncc(-c2ccc(NC(=O)OC)cc2)c1. The predicted octanol–water partition coefficient (Wildman–Crippen LogP) is 3.48. The summed E-state index contributed by atoms with van der Waals surface area (Å²) in [6, 6.07) is 8.97. The molecular weight excluding hydrogens is 242 g/mol. The number of nitrogens with zero attached hydrogens (tertiary/aromatic N) is 2. The fourth-order valence-electron chi connectivity index (χ4n) is 1.56. The summed E-state index contributed by atoms with van der Waals surface area (Å²) in [5, 5.41) is 2.57. The lowest BCUT2D eigenvalue weighted by Crippen LogP contribution is -2.10. The van der Waals surface area contributed by atoms with Crippen LogP contribution in [-0.2, 0) is 4.74 Å². The highest BCUT2D eigenvalue weighted by atomic mass is 16.5. The van der Waals surface area contributed by atoms with Gasteiger partial charge in [0.15, 0.2) is 0 Å². The van der Waals surface area contributed by atoms with E-state index in [-0.39, 0.29) is 0 Å². The Morgan fingerprint density at radius 3 is 2.63 bits per heavy atom. The maximum atomic E-state index is 11.0. The van der Waals surface area contributed by atoms with E-state index in [0.29, 0.717) is 11.4 Å². The first kappa shape index (κ1) is 12.6. The average molecular weight is 253 g/mol. The van der Waals surface area contributed by atoms with Crippen LogP contribution in [0.2, 0.25) is 0 Å². The van der Waals surface area contributed by atoms with Crippen molar-refractivity contribution in [2.75, 3.05) is 12.4 Å². The monoisotopic (exact) mass is 253 g/mol. The lowest BCUT2D eigenvalue weighted by Gasteiger charge is -2.05. The fraction of sp³-hybridized carbons (Fsp3) is 0.0714. The van der Waals surface area contributed by atoms with E-state index in [1.807, 2.05) is 12.1 Å². The molecule has 2 aromatic rings. The Labute approximate surface area is 110 Å². The van der Waals surface area contributed by atoms with Crippen molar-refractivity contribution in [1.82, 2.24) is 4.98 Å². The van der Waals surface area contributed by atoms with Gasteiger partial charge in [-0.05, 0) is 29.3 Å². The van der Waals surface area contributed by atoms with E-state index in [0.717, 1.165) is 11.1 Å². The molecule has 0 radical (unpaired) electrons. The van der Waals surface area contributed by atoms with Crippen LogP contribution in [-0.4, -0.2) is 18.2 Å². The van der Waals surface area contributed by atoms with E-state index in [4.69, 9.17) is 6.57 Å². The Bertz CT molecular complexity index is 630. The van der Waals surface area contributed by atoms with Gasteiger partial charge < -0.3 is 4.74 Å². The highest BCUT2D eigenvalue weighted by molar-refractivity contribution is 5.85. The Hall–Kier alpha value is -2.87. The number of rotatable bonds is 2. The first-order chi connectivity index (χ1) is 9.22. The number of hydrogen-bond acceptors (Lipinski definition) is 3. The second-order valence-electron chi connectivity index (χ2n) is 3.74. The molecule has 1 aromatic carbocycles. The number of carbonyl (C=O) groups is 1. The number of pyridine rings is 1. The molecule has 5 heteroatoms. The third kappa shape index (κ3) is 3.07. The van der Waals surface area contributed by atoms with Gasteiger partial charge in [-0.1, -0.05) is 12.1 Å². The van der Waals surface area contributed by atoms with Crippen LogP contribution >= 0.6 is 0 Å². The molecule has 0 aliphatic carbocycles. The molecule has 1 heterocycles. The van der Waals surface area contributed by atoms with Crippen LogP contribution in [0.15, 0.2) is 42.7 Å². The Balaban J connectivity index is 2.22. The van der Waals surface area contributed by atoms with Gasteiger partial charge in [-0.2, -0.15) is 0 Å². The summed E-state index contributed by atoms with van der Waals surface area (Å²) in [5.41, 5.74) is 2.92. The predicted molar refractivity (Wildman–Crippen MR) is 72.0 cm³/mol. The molecule has 1 aromatic heterocycles. The molecule has 0 saturated carbocycles. The quantitative estimate of drug-likeness (QED) is 0.833. The van der Waals surface area contributed by atoms with Crippen molar-refractivity contribution < 1.29 is 9.53 Å². The van der Waals surface area contributed by atoms with Gasteiger partial charge in [0.25, 0.3) is 0 Å². The van der Waals surface area contributed by atoms with Gasteiger partial charge in [-0.3, -0.25) is 10.3 Å². The molecule has 0 bridgehead atoms. The molecule has 0 unspecified atom stereocenters. The van der Waals surface area contributed by atoms with Crippen LogP contribution in [0.3, 0.4) is 0 Å². The van der Waals surface area contributed by atoms with Crippen molar-refractivity contribution >= 4 is 17.5 Å². The third-order valence-electron chi connectivity index (χ3n) is 2.50. The second kappa shape index (κ2) is 5.65. The molecule has 1 amide bonds. The average Bonchev–Trinajstić information content (AvgIpc) is 2.48. The molecule has 0 saturated heterocycles. The molecule has 0 spiro atoms. The minimum absolute atomic E-state index is 0.495. The second-order valence-corrected chi connectivity index (χ2v) is 3.74. The number of ether oxygens (including phenoxy) is 1. The molecule has 5 nitrogen and oxygen atoms in total. The smallest absolute Gasteiger partial charge is 0.411 e. The Morgan fingerprint density at radius 2 is 2.00 bits per heavy atom. The zero-order chi connectivity index (χ0) is 13.7. The number of hydrogen-bond donors (Lipinski definition) is 1. The van der Waals surface area contributed by atoms with Crippen molar-refractivity contribution in [2.24, 2.45) is 0 Å². The zero-order valence-corrected chi connectivity index (χ0v) is 10.3. The van der Waals surface area contributed by atoms with Gasteiger partial charge in [0, 0.05) is 18.1 Å². The lowest BCUT2D eigenvalue weighted by atomic mass is 10.1. The van der Waals surface area contributed by atoms with Gasteiger partial charge in [0.05, 0.1) is 13.7 Å². The molecule has 0 aliphatic heterocycles. The number of carbonyl (C=O) groups excluding carboxylic acids is 1. The summed E-state index contributed by atoms with van der Waals surface area (Å²) >= 11 is 0. The first-order valence-corrected chi connectivity index (χ1v) is 5.51. The molecular formula is C14H11N3O2. The van der Waals surface area contributed by atoms with Gasteiger partial charge in [0.2, 0.25) is 5.69 Å². The summed E-state index contributed by atoms with van der Waals surface area (Å²) in [7, 11) is 1.31. The van der Waals surface area contributed by atoms with Crippen LogP contribution in [0.5, 0.6) is 0 Å². The van der Waals surface area contributed by atoms with Crippen molar-refractivity contribution in [3.8, 4) is 11.1 Å². The third-order valence-corrected chi connectivity index (χ3v) is 2.50. The molecule has 0 atom stereocenters. The van der Waals surface area contributed by atoms with E-state index in [1.165, 1.54) is 13.3 Å². The van der Waals surface area contributed by atoms with Crippen molar-refractivity contribution in [3.05, 3.63) is 54.1 Å². The fourth-order valence-corrected chi connectivity index (χ4v) is 1.56. The van der Waals surface area contributed by atoms with E-state index >= 15 is 0 Å². The molecule has 1 N–H and O–H groups in total. The largest absolute Gasteiger partial charge is 0.453 e. The van der Waals surface area contributed by atoms with Crippen LogP contribution in [0.25, 0.3) is 16.0 Å². The van der Waals surface area contributed by atoms with Gasteiger partial charge in [-0.25, -0.2) is 9.64 Å². The summed E-state index contributed by atoms with van der Waals surface area (Å²) < 4.78 is 4.51. The van der Waals surface area contributed by atoms with E-state index < -0.39 is 6.09 Å². The minimum atomic E-state index is -0.510. The molecule has 0 fully saturated rings. The Morgan fingerprint density at radius 1 is 1.26 bits per heavy atom. The Kier molecular flexibility index (Phi) is 3.74. The number of aromatic nitrogens is 1. The van der Waals surface area contributed by atoms with Crippen molar-refractivity contribution in [2.45, 2.75) is 0 Å². The maximum absolute atomic E-state index is 11.0. The lowest BCUT2D eigenvalue weighted by molar-refractivity contribution is 0.187. The number of methoxy groups -OCH3 is 1. The minimum Gasteiger partial charge on any atom is -0.453 e. The topological polar surface area (TPSA) is 55.6 Å². The molecule has 94 valence electrons. The molecule has 19 heavy (non-hydrogen) atoms. The van der Waals surface area contributed by atoms with E-state index in [1.54, 1.807) is 24.4 Å². The van der Waals surface area contributed by atoms with E-state index in [9.17, 15) is 4.79 Å².